The van der Waals surface area contributed by atoms with Crippen molar-refractivity contribution in [2.24, 2.45) is 10.8 Å². The molecule has 0 saturated heterocycles. The van der Waals surface area contributed by atoms with E-state index >= 15 is 0 Å². The lowest BCUT2D eigenvalue weighted by molar-refractivity contribution is -0.143. The van der Waals surface area contributed by atoms with Gasteiger partial charge >= 0.3 is 18.0 Å². The Morgan fingerprint density at radius 1 is 0.943 bits per heavy atom. The van der Waals surface area contributed by atoms with Crippen molar-refractivity contribution in [2.45, 2.75) is 87.4 Å². The highest BCUT2D eigenvalue weighted by molar-refractivity contribution is 5.81. The summed E-state index contributed by atoms with van der Waals surface area (Å²) >= 11 is 0. The molecule has 1 aromatic carbocycles. The van der Waals surface area contributed by atoms with E-state index in [0.29, 0.717) is 17.5 Å². The Balaban J connectivity index is 3.44. The van der Waals surface area contributed by atoms with Crippen LogP contribution in [0.25, 0.3) is 6.08 Å². The monoisotopic (exact) mass is 491 g/mol. The highest BCUT2D eigenvalue weighted by atomic mass is 16.6. The van der Waals surface area contributed by atoms with Gasteiger partial charge in [-0.15, -0.1) is 0 Å². The Bertz CT molecular complexity index is 942. The number of aliphatic hydroxyl groups is 1. The molecule has 0 aliphatic rings. The van der Waals surface area contributed by atoms with Gasteiger partial charge < -0.3 is 24.6 Å². The maximum Gasteiger partial charge on any atom is 0.407 e. The molecule has 196 valence electrons. The van der Waals surface area contributed by atoms with Gasteiger partial charge in [-0.25, -0.2) is 4.79 Å². The minimum absolute atomic E-state index is 0.188. The number of alkyl carbamates (subject to hydrolysis) is 1. The van der Waals surface area contributed by atoms with Crippen LogP contribution in [0.5, 0.6) is 11.5 Å². The molecule has 1 atom stereocenters. The quantitative estimate of drug-likeness (QED) is 0.405. The largest absolute Gasteiger partial charge is 0.444 e. The van der Waals surface area contributed by atoms with E-state index < -0.39 is 40.6 Å². The standard InChI is InChI=1S/C27H41NO7/c1-17(29)11-12-20-18(13-14-28-24(32)35-27(8,9)10)15-19(33-22(30)25(2,3)4)16-21(20)34-23(31)26(5,6)7/h11-12,15-17,29H,13-14H2,1-10H3,(H,28,32)/b12-11+/t17-/m0/s1. The van der Waals surface area contributed by atoms with Crippen molar-refractivity contribution in [3.63, 3.8) is 0 Å². The zero-order valence-electron chi connectivity index (χ0n) is 22.7. The van der Waals surface area contributed by atoms with Crippen LogP contribution in [0.3, 0.4) is 0 Å². The summed E-state index contributed by atoms with van der Waals surface area (Å²) in [5.41, 5.74) is -0.975. The van der Waals surface area contributed by atoms with Crippen molar-refractivity contribution in [3.8, 4) is 11.5 Å². The first kappa shape index (κ1) is 30.2. The highest BCUT2D eigenvalue weighted by Crippen LogP contribution is 2.33. The number of carbonyl (C=O) groups is 3. The molecule has 2 N–H and O–H groups in total. The minimum atomic E-state index is -0.776. The van der Waals surface area contributed by atoms with Gasteiger partial charge in [0, 0.05) is 18.2 Å². The lowest BCUT2D eigenvalue weighted by Gasteiger charge is -2.22. The van der Waals surface area contributed by atoms with Gasteiger partial charge in [0.2, 0.25) is 0 Å². The number of esters is 2. The number of aliphatic hydroxyl groups excluding tert-OH is 1. The third-order valence-corrected chi connectivity index (χ3v) is 4.44. The van der Waals surface area contributed by atoms with Gasteiger partial charge in [0.1, 0.15) is 17.1 Å². The molecular weight excluding hydrogens is 450 g/mol. The van der Waals surface area contributed by atoms with Crippen LogP contribution < -0.4 is 14.8 Å². The number of hydrogen-bond donors (Lipinski definition) is 2. The average Bonchev–Trinajstić information content (AvgIpc) is 2.64. The Labute approximate surface area is 209 Å². The summed E-state index contributed by atoms with van der Waals surface area (Å²) in [5.74, 6) is -0.520. The maximum atomic E-state index is 12.7. The topological polar surface area (TPSA) is 111 Å². The van der Waals surface area contributed by atoms with Crippen LogP contribution in [-0.2, 0) is 20.7 Å². The van der Waals surface area contributed by atoms with Gasteiger partial charge in [-0.1, -0.05) is 12.2 Å². The fourth-order valence-electron chi connectivity index (χ4n) is 2.56. The van der Waals surface area contributed by atoms with E-state index in [4.69, 9.17) is 14.2 Å². The molecule has 8 nitrogen and oxygen atoms in total. The van der Waals surface area contributed by atoms with Crippen LogP contribution in [0, 0.1) is 10.8 Å². The molecule has 0 heterocycles. The molecule has 1 aromatic rings. The summed E-state index contributed by atoms with van der Waals surface area (Å²) in [6, 6.07) is 3.15. The molecule has 0 bridgehead atoms. The molecular formula is C27H41NO7. The van der Waals surface area contributed by atoms with E-state index in [0.717, 1.165) is 0 Å². The number of benzene rings is 1. The second kappa shape index (κ2) is 11.7. The Kier molecular flexibility index (Phi) is 10.1. The predicted octanol–water partition coefficient (Wildman–Crippen LogP) is 5.05. The van der Waals surface area contributed by atoms with Crippen LogP contribution >= 0.6 is 0 Å². The molecule has 0 aromatic heterocycles. The molecule has 0 radical (unpaired) electrons. The molecule has 0 saturated carbocycles. The number of rotatable bonds is 7. The molecule has 0 fully saturated rings. The van der Waals surface area contributed by atoms with E-state index in [1.807, 2.05) is 0 Å². The lowest BCUT2D eigenvalue weighted by atomic mass is 9.96. The van der Waals surface area contributed by atoms with Crippen LogP contribution in [0.1, 0.15) is 80.4 Å². The Morgan fingerprint density at radius 3 is 1.97 bits per heavy atom. The first-order chi connectivity index (χ1) is 15.8. The summed E-state index contributed by atoms with van der Waals surface area (Å²) in [6.07, 6.45) is 2.21. The summed E-state index contributed by atoms with van der Waals surface area (Å²) in [6.45, 7) is 17.5. The summed E-state index contributed by atoms with van der Waals surface area (Å²) < 4.78 is 16.6. The van der Waals surface area contributed by atoms with Gasteiger partial charge in [-0.3, -0.25) is 9.59 Å². The number of nitrogens with one attached hydrogen (secondary N) is 1. The minimum Gasteiger partial charge on any atom is -0.444 e. The average molecular weight is 492 g/mol. The van der Waals surface area contributed by atoms with E-state index in [1.165, 1.54) is 6.07 Å². The first-order valence-corrected chi connectivity index (χ1v) is 11.7. The fraction of sp³-hybridized carbons (Fsp3) is 0.593. The third kappa shape index (κ3) is 10.9. The molecule has 0 spiro atoms. The molecule has 0 unspecified atom stereocenters. The van der Waals surface area contributed by atoms with Crippen molar-refractivity contribution >= 4 is 24.1 Å². The molecule has 8 heteroatoms. The molecule has 35 heavy (non-hydrogen) atoms. The van der Waals surface area contributed by atoms with Gasteiger partial charge in [0.25, 0.3) is 0 Å². The first-order valence-electron chi connectivity index (χ1n) is 11.7. The van der Waals surface area contributed by atoms with E-state index in [2.05, 4.69) is 5.32 Å². The van der Waals surface area contributed by atoms with E-state index in [-0.39, 0.29) is 18.0 Å². The highest BCUT2D eigenvalue weighted by Gasteiger charge is 2.27. The molecule has 1 rings (SSSR count). The SMILES string of the molecule is C[C@H](O)/C=C/c1c(CCNC(=O)OC(C)(C)C)cc(OC(=O)C(C)(C)C)cc1OC(=O)C(C)(C)C. The zero-order valence-corrected chi connectivity index (χ0v) is 22.7. The number of ether oxygens (including phenoxy) is 3. The van der Waals surface area contributed by atoms with Crippen molar-refractivity contribution in [2.75, 3.05) is 6.54 Å². The summed E-state index contributed by atoms with van der Waals surface area (Å²) in [7, 11) is 0. The van der Waals surface area contributed by atoms with Gasteiger partial charge in [-0.05, 0) is 87.3 Å². The van der Waals surface area contributed by atoms with Crippen LogP contribution in [-0.4, -0.2) is 41.4 Å². The van der Waals surface area contributed by atoms with Crippen LogP contribution in [0.15, 0.2) is 18.2 Å². The summed E-state index contributed by atoms with van der Waals surface area (Å²) in [5, 5.41) is 12.5. The normalized spacial score (nSPS) is 13.3. The van der Waals surface area contributed by atoms with E-state index in [9.17, 15) is 19.5 Å². The maximum absolute atomic E-state index is 12.7. The Hall–Kier alpha value is -2.87. The number of amides is 1. The third-order valence-electron chi connectivity index (χ3n) is 4.44. The smallest absolute Gasteiger partial charge is 0.407 e. The Morgan fingerprint density at radius 2 is 1.49 bits per heavy atom. The number of carbonyl (C=O) groups excluding carboxylic acids is 3. The predicted molar refractivity (Wildman–Crippen MR) is 135 cm³/mol. The second-order valence-corrected chi connectivity index (χ2v) is 11.6. The molecule has 0 aliphatic carbocycles. The lowest BCUT2D eigenvalue weighted by Crippen LogP contribution is -2.33. The van der Waals surface area contributed by atoms with Crippen molar-refractivity contribution in [1.29, 1.82) is 0 Å². The van der Waals surface area contributed by atoms with Crippen molar-refractivity contribution in [1.82, 2.24) is 5.32 Å². The second-order valence-electron chi connectivity index (χ2n) is 11.6. The van der Waals surface area contributed by atoms with Gasteiger partial charge in [0.15, 0.2) is 0 Å². The van der Waals surface area contributed by atoms with Crippen LogP contribution in [0.2, 0.25) is 0 Å². The summed E-state index contributed by atoms with van der Waals surface area (Å²) in [4.78, 5) is 37.3. The molecule has 1 amide bonds. The van der Waals surface area contributed by atoms with Gasteiger partial charge in [0.05, 0.1) is 16.9 Å². The van der Waals surface area contributed by atoms with Crippen molar-refractivity contribution < 1.29 is 33.7 Å². The molecule has 0 aliphatic heterocycles. The van der Waals surface area contributed by atoms with Gasteiger partial charge in [-0.2, -0.15) is 0 Å². The zero-order chi connectivity index (χ0) is 27.2. The van der Waals surface area contributed by atoms with Crippen LogP contribution in [0.4, 0.5) is 4.79 Å². The van der Waals surface area contributed by atoms with Crippen molar-refractivity contribution in [3.05, 3.63) is 29.3 Å². The van der Waals surface area contributed by atoms with E-state index in [1.54, 1.807) is 87.5 Å². The number of hydrogen-bond acceptors (Lipinski definition) is 7. The fourth-order valence-corrected chi connectivity index (χ4v) is 2.56.